The van der Waals surface area contributed by atoms with Crippen molar-refractivity contribution in [3.63, 3.8) is 0 Å². The minimum atomic E-state index is 0. The van der Waals surface area contributed by atoms with Crippen molar-refractivity contribution < 1.29 is 5.11 Å². The van der Waals surface area contributed by atoms with Crippen molar-refractivity contribution in [1.29, 1.82) is 0 Å². The van der Waals surface area contributed by atoms with Crippen LogP contribution in [-0.4, -0.2) is 30.7 Å². The number of hydrogen-bond donors (Lipinski definition) is 3. The van der Waals surface area contributed by atoms with Crippen molar-refractivity contribution >= 4 is 29.9 Å². The Labute approximate surface area is 174 Å². The standard InChI is InChI=1S/C21H29N3O.HI/c1-17(10-11-18-7-4-3-5-8-18)24-21(22-2)23-16-6-9-19-12-14-20(25)15-13-19;/h3-5,7-8,12-15,17,25H,6,9-11,16H2,1-2H3,(H2,22,23,24);1H. The maximum absolute atomic E-state index is 9.30. The maximum atomic E-state index is 9.30. The van der Waals surface area contributed by atoms with Gasteiger partial charge in [-0.15, -0.1) is 24.0 Å². The van der Waals surface area contributed by atoms with Gasteiger partial charge in [-0.25, -0.2) is 0 Å². The summed E-state index contributed by atoms with van der Waals surface area (Å²) >= 11 is 0. The van der Waals surface area contributed by atoms with Gasteiger partial charge in [-0.1, -0.05) is 42.5 Å². The van der Waals surface area contributed by atoms with Gasteiger partial charge in [-0.3, -0.25) is 4.99 Å². The Morgan fingerprint density at radius 1 is 1.00 bits per heavy atom. The van der Waals surface area contributed by atoms with E-state index in [9.17, 15) is 5.11 Å². The van der Waals surface area contributed by atoms with Crippen LogP contribution >= 0.6 is 24.0 Å². The van der Waals surface area contributed by atoms with E-state index in [1.165, 1.54) is 11.1 Å². The molecule has 26 heavy (non-hydrogen) atoms. The van der Waals surface area contributed by atoms with E-state index in [0.29, 0.717) is 11.8 Å². The van der Waals surface area contributed by atoms with Crippen molar-refractivity contribution in [1.82, 2.24) is 10.6 Å². The number of rotatable bonds is 8. The number of nitrogens with zero attached hydrogens (tertiary/aromatic N) is 1. The van der Waals surface area contributed by atoms with Crippen LogP contribution in [0.25, 0.3) is 0 Å². The Bertz CT molecular complexity index is 644. The topological polar surface area (TPSA) is 56.7 Å². The van der Waals surface area contributed by atoms with Gasteiger partial charge in [0.2, 0.25) is 0 Å². The van der Waals surface area contributed by atoms with E-state index in [-0.39, 0.29) is 24.0 Å². The van der Waals surface area contributed by atoms with Crippen LogP contribution in [0.4, 0.5) is 0 Å². The van der Waals surface area contributed by atoms with Gasteiger partial charge in [0.15, 0.2) is 5.96 Å². The lowest BCUT2D eigenvalue weighted by atomic mass is 10.1. The summed E-state index contributed by atoms with van der Waals surface area (Å²) in [6.07, 6.45) is 4.13. The van der Waals surface area contributed by atoms with Crippen LogP contribution in [0.5, 0.6) is 5.75 Å². The molecule has 0 heterocycles. The van der Waals surface area contributed by atoms with Gasteiger partial charge >= 0.3 is 0 Å². The first kappa shape index (κ1) is 22.3. The molecule has 2 aromatic rings. The number of halogens is 1. The summed E-state index contributed by atoms with van der Waals surface area (Å²) in [7, 11) is 1.80. The molecule has 0 radical (unpaired) electrons. The summed E-state index contributed by atoms with van der Waals surface area (Å²) in [5.74, 6) is 1.17. The molecular formula is C21H30IN3O. The second-order valence-corrected chi connectivity index (χ2v) is 6.34. The quantitative estimate of drug-likeness (QED) is 0.237. The third-order valence-electron chi connectivity index (χ3n) is 4.19. The number of guanidine groups is 1. The van der Waals surface area contributed by atoms with E-state index in [2.05, 4.69) is 52.9 Å². The number of phenolic OH excluding ortho intramolecular Hbond substituents is 1. The molecule has 4 nitrogen and oxygen atoms in total. The first-order valence-corrected chi connectivity index (χ1v) is 8.96. The highest BCUT2D eigenvalue weighted by Gasteiger charge is 2.05. The van der Waals surface area contributed by atoms with Gasteiger partial charge in [0.25, 0.3) is 0 Å². The van der Waals surface area contributed by atoms with Gasteiger partial charge in [-0.05, 0) is 55.9 Å². The zero-order valence-corrected chi connectivity index (χ0v) is 17.9. The fourth-order valence-electron chi connectivity index (χ4n) is 2.69. The predicted octanol–water partition coefficient (Wildman–Crippen LogP) is 4.13. The highest BCUT2D eigenvalue weighted by atomic mass is 127. The molecule has 0 aliphatic rings. The molecule has 1 atom stereocenters. The number of benzene rings is 2. The zero-order valence-electron chi connectivity index (χ0n) is 15.6. The number of aryl methyl sites for hydroxylation is 2. The molecule has 0 spiro atoms. The van der Waals surface area contributed by atoms with Gasteiger partial charge in [0.05, 0.1) is 0 Å². The van der Waals surface area contributed by atoms with Crippen LogP contribution in [0.2, 0.25) is 0 Å². The van der Waals surface area contributed by atoms with Crippen molar-refractivity contribution in [3.05, 3.63) is 65.7 Å². The van der Waals surface area contributed by atoms with E-state index in [1.807, 2.05) is 12.1 Å². The van der Waals surface area contributed by atoms with Crippen molar-refractivity contribution in [2.45, 2.75) is 38.6 Å². The summed E-state index contributed by atoms with van der Waals surface area (Å²) in [5.41, 5.74) is 2.60. The van der Waals surface area contributed by atoms with Gasteiger partial charge in [0, 0.05) is 19.6 Å². The number of aromatic hydroxyl groups is 1. The van der Waals surface area contributed by atoms with Gasteiger partial charge in [0.1, 0.15) is 5.75 Å². The molecule has 3 N–H and O–H groups in total. The minimum absolute atomic E-state index is 0. The molecule has 142 valence electrons. The molecule has 0 bridgehead atoms. The lowest BCUT2D eigenvalue weighted by Gasteiger charge is -2.18. The van der Waals surface area contributed by atoms with Crippen LogP contribution in [-0.2, 0) is 12.8 Å². The molecule has 0 aliphatic carbocycles. The largest absolute Gasteiger partial charge is 0.508 e. The van der Waals surface area contributed by atoms with E-state index in [4.69, 9.17) is 0 Å². The highest BCUT2D eigenvalue weighted by molar-refractivity contribution is 14.0. The van der Waals surface area contributed by atoms with Crippen LogP contribution < -0.4 is 10.6 Å². The Morgan fingerprint density at radius 3 is 2.31 bits per heavy atom. The van der Waals surface area contributed by atoms with Crippen molar-refractivity contribution in [2.24, 2.45) is 4.99 Å². The normalized spacial score (nSPS) is 12.2. The number of nitrogens with one attached hydrogen (secondary N) is 2. The van der Waals surface area contributed by atoms with E-state index in [1.54, 1.807) is 19.2 Å². The van der Waals surface area contributed by atoms with E-state index < -0.39 is 0 Å². The van der Waals surface area contributed by atoms with E-state index in [0.717, 1.165) is 38.2 Å². The molecule has 2 aromatic carbocycles. The van der Waals surface area contributed by atoms with Gasteiger partial charge < -0.3 is 15.7 Å². The summed E-state index contributed by atoms with van der Waals surface area (Å²) in [6.45, 7) is 3.05. The number of hydrogen-bond acceptors (Lipinski definition) is 2. The second kappa shape index (κ2) is 12.6. The maximum Gasteiger partial charge on any atom is 0.191 e. The SMILES string of the molecule is CN=C(NCCCc1ccc(O)cc1)NC(C)CCc1ccccc1.I. The smallest absolute Gasteiger partial charge is 0.191 e. The molecule has 0 aromatic heterocycles. The number of phenols is 1. The van der Waals surface area contributed by atoms with E-state index >= 15 is 0 Å². The van der Waals surface area contributed by atoms with Crippen molar-refractivity contribution in [3.8, 4) is 5.75 Å². The van der Waals surface area contributed by atoms with Crippen molar-refractivity contribution in [2.75, 3.05) is 13.6 Å². The second-order valence-electron chi connectivity index (χ2n) is 6.34. The van der Waals surface area contributed by atoms with Crippen LogP contribution in [0.1, 0.15) is 30.9 Å². The summed E-state index contributed by atoms with van der Waals surface area (Å²) < 4.78 is 0. The average molecular weight is 467 g/mol. The lowest BCUT2D eigenvalue weighted by molar-refractivity contribution is 0.475. The lowest BCUT2D eigenvalue weighted by Crippen LogP contribution is -2.42. The Hall–Kier alpha value is -1.76. The molecule has 0 aliphatic heterocycles. The molecule has 1 unspecified atom stereocenters. The van der Waals surface area contributed by atoms with Crippen LogP contribution in [0, 0.1) is 0 Å². The molecular weight excluding hydrogens is 437 g/mol. The Kier molecular flexibility index (Phi) is 10.8. The van der Waals surface area contributed by atoms with Gasteiger partial charge in [-0.2, -0.15) is 0 Å². The summed E-state index contributed by atoms with van der Waals surface area (Å²) in [5, 5.41) is 16.1. The Morgan fingerprint density at radius 2 is 1.65 bits per heavy atom. The predicted molar refractivity (Wildman–Crippen MR) is 121 cm³/mol. The van der Waals surface area contributed by atoms with Crippen LogP contribution in [0.15, 0.2) is 59.6 Å². The molecule has 0 saturated carbocycles. The Balaban J connectivity index is 0.00000338. The molecule has 2 rings (SSSR count). The summed E-state index contributed by atoms with van der Waals surface area (Å²) in [6, 6.07) is 18.3. The number of aliphatic imine (C=N–C) groups is 1. The highest BCUT2D eigenvalue weighted by Crippen LogP contribution is 2.10. The zero-order chi connectivity index (χ0) is 17.9. The first-order valence-electron chi connectivity index (χ1n) is 8.96. The fraction of sp³-hybridized carbons (Fsp3) is 0.381. The molecule has 0 fully saturated rings. The first-order chi connectivity index (χ1) is 12.2. The average Bonchev–Trinajstić information content (AvgIpc) is 2.65. The van der Waals surface area contributed by atoms with Crippen LogP contribution in [0.3, 0.4) is 0 Å². The fourth-order valence-corrected chi connectivity index (χ4v) is 2.69. The molecule has 5 heteroatoms. The monoisotopic (exact) mass is 467 g/mol. The minimum Gasteiger partial charge on any atom is -0.508 e. The molecule has 0 saturated heterocycles. The third kappa shape index (κ3) is 8.56. The molecule has 0 amide bonds. The summed E-state index contributed by atoms with van der Waals surface area (Å²) in [4.78, 5) is 4.30. The third-order valence-corrected chi connectivity index (χ3v) is 4.19.